The number of rotatable bonds is 4. The van der Waals surface area contributed by atoms with E-state index in [9.17, 15) is 19.1 Å². The number of carbonyl (C=O) groups is 2. The Morgan fingerprint density at radius 3 is 2.68 bits per heavy atom. The molecule has 44 heavy (non-hydrogen) atoms. The van der Waals surface area contributed by atoms with Gasteiger partial charge in [-0.25, -0.2) is 9.07 Å². The molecule has 4 fully saturated rings. The summed E-state index contributed by atoms with van der Waals surface area (Å²) in [6.07, 6.45) is 7.68. The van der Waals surface area contributed by atoms with Crippen molar-refractivity contribution in [2.45, 2.75) is 89.8 Å². The van der Waals surface area contributed by atoms with Gasteiger partial charge in [0.1, 0.15) is 5.82 Å². The molecule has 8 nitrogen and oxygen atoms in total. The monoisotopic (exact) mass is 623 g/mol. The van der Waals surface area contributed by atoms with E-state index in [1.807, 2.05) is 10.9 Å². The van der Waals surface area contributed by atoms with Crippen LogP contribution in [0.25, 0.3) is 11.8 Å². The zero-order valence-corrected chi connectivity index (χ0v) is 26.9. The molecule has 1 saturated heterocycles. The van der Waals surface area contributed by atoms with Crippen molar-refractivity contribution in [1.29, 1.82) is 0 Å². The number of nitrogens with zero attached hydrogens (tertiary/aromatic N) is 3. The van der Waals surface area contributed by atoms with Gasteiger partial charge >= 0.3 is 0 Å². The third kappa shape index (κ3) is 4.16. The summed E-state index contributed by atoms with van der Waals surface area (Å²) in [4.78, 5) is 28.4. The van der Waals surface area contributed by atoms with Crippen LogP contribution in [0.3, 0.4) is 0 Å². The van der Waals surface area contributed by atoms with Crippen molar-refractivity contribution in [1.82, 2.24) is 14.7 Å². The van der Waals surface area contributed by atoms with Crippen molar-refractivity contribution in [3.8, 4) is 5.69 Å². The Morgan fingerprint density at radius 1 is 1.23 bits per heavy atom. The first-order valence-electron chi connectivity index (χ1n) is 15.9. The molecule has 0 spiro atoms. The standard InChI is InChI=1S/C34H42FN3O5S/c1-6-7-28-42-27-15-24-23-13-8-20-14-25-19(18-36-38(25)22-11-9-21(35)10-12-22)16-32(20,2)29(23)26(39)17-33(24,3)34(27,43-28)30(40)44-31(41)37(4)5/h9-12,14,18,23-24,26-29,39H,6-8,13,15-17H2,1-5H3/t23-,24-,26-,27+,28?,29+,32?,33-,34-/m0/s1. The minimum atomic E-state index is -1.28. The van der Waals surface area contributed by atoms with Gasteiger partial charge in [-0.15, -0.1) is 0 Å². The van der Waals surface area contributed by atoms with E-state index >= 15 is 0 Å². The van der Waals surface area contributed by atoms with Crippen molar-refractivity contribution >= 4 is 28.2 Å². The van der Waals surface area contributed by atoms with Gasteiger partial charge in [0.15, 0.2) is 11.9 Å². The normalized spacial score (nSPS) is 38.6. The number of benzene rings is 1. The summed E-state index contributed by atoms with van der Waals surface area (Å²) in [5.41, 5.74) is 2.02. The summed E-state index contributed by atoms with van der Waals surface area (Å²) in [5, 5.41) is 16.2. The van der Waals surface area contributed by atoms with Gasteiger partial charge < -0.3 is 19.5 Å². The fourth-order valence-corrected chi connectivity index (χ4v) is 10.7. The molecule has 2 unspecified atom stereocenters. The van der Waals surface area contributed by atoms with Crippen LogP contribution in [-0.2, 0) is 20.7 Å². The highest BCUT2D eigenvalue weighted by atomic mass is 32.2. The average molecular weight is 624 g/mol. The minimum Gasteiger partial charge on any atom is -0.393 e. The highest BCUT2D eigenvalue weighted by molar-refractivity contribution is 8.26. The van der Waals surface area contributed by atoms with Crippen molar-refractivity contribution in [3.05, 3.63) is 53.1 Å². The molecule has 7 rings (SSSR count). The molecule has 1 N–H and O–H groups in total. The van der Waals surface area contributed by atoms with Gasteiger partial charge in [-0.3, -0.25) is 9.59 Å². The highest BCUT2D eigenvalue weighted by Gasteiger charge is 2.76. The molecule has 1 aromatic carbocycles. The van der Waals surface area contributed by atoms with Crippen LogP contribution in [0, 0.1) is 34.4 Å². The van der Waals surface area contributed by atoms with E-state index in [1.54, 1.807) is 26.2 Å². The second kappa shape index (κ2) is 10.5. The molecule has 4 aliphatic carbocycles. The molecule has 10 heteroatoms. The van der Waals surface area contributed by atoms with Crippen LogP contribution in [0.2, 0.25) is 0 Å². The van der Waals surface area contributed by atoms with E-state index in [-0.39, 0.29) is 39.3 Å². The molecule has 9 atom stereocenters. The molecular weight excluding hydrogens is 581 g/mol. The van der Waals surface area contributed by atoms with Crippen LogP contribution >= 0.6 is 11.8 Å². The molecule has 236 valence electrons. The SMILES string of the molecule is CCCC1O[C@@H]2C[C@H]3[C@@H]4CCC5=Cc6c(cnn6-c6ccc(F)cc6)CC5(C)[C@H]4[C@@H](O)C[C@]3(C)[C@]2(C(=O)SC(=O)N(C)C)O1. The number of allylic oxidation sites excluding steroid dienone is 1. The first-order chi connectivity index (χ1) is 20.9. The van der Waals surface area contributed by atoms with E-state index in [0.29, 0.717) is 31.0 Å². The van der Waals surface area contributed by atoms with Crippen molar-refractivity contribution in [2.75, 3.05) is 14.1 Å². The molecule has 2 aromatic rings. The van der Waals surface area contributed by atoms with Gasteiger partial charge in [-0.05, 0) is 97.6 Å². The number of hydrogen-bond donors (Lipinski definition) is 1. The number of hydrogen-bond acceptors (Lipinski definition) is 7. The van der Waals surface area contributed by atoms with Gasteiger partial charge in [-0.1, -0.05) is 32.8 Å². The number of halogens is 1. The van der Waals surface area contributed by atoms with Gasteiger partial charge in [0.2, 0.25) is 5.12 Å². The summed E-state index contributed by atoms with van der Waals surface area (Å²) < 4.78 is 28.7. The van der Waals surface area contributed by atoms with Gasteiger partial charge in [0, 0.05) is 31.3 Å². The summed E-state index contributed by atoms with van der Waals surface area (Å²) >= 11 is 0.710. The second-order valence-electron chi connectivity index (χ2n) is 14.2. The number of carbonyl (C=O) groups excluding carboxylic acids is 2. The molecule has 3 saturated carbocycles. The lowest BCUT2D eigenvalue weighted by molar-refractivity contribution is -0.196. The Hall–Kier alpha value is -2.53. The van der Waals surface area contributed by atoms with Gasteiger partial charge in [0.25, 0.3) is 5.24 Å². The Labute approximate surface area is 262 Å². The summed E-state index contributed by atoms with van der Waals surface area (Å²) in [6.45, 7) is 6.45. The number of aliphatic hydroxyl groups is 1. The fraction of sp³-hybridized carbons (Fsp3) is 0.618. The first kappa shape index (κ1) is 30.1. The van der Waals surface area contributed by atoms with Crippen LogP contribution < -0.4 is 0 Å². The fourth-order valence-electron chi connectivity index (χ4n) is 9.75. The van der Waals surface area contributed by atoms with Crippen molar-refractivity contribution < 1.29 is 28.6 Å². The van der Waals surface area contributed by atoms with Crippen LogP contribution in [0.1, 0.15) is 70.6 Å². The number of aliphatic hydroxyl groups excluding tert-OH is 1. The predicted molar refractivity (Wildman–Crippen MR) is 165 cm³/mol. The van der Waals surface area contributed by atoms with Crippen LogP contribution in [0.15, 0.2) is 36.0 Å². The average Bonchev–Trinajstić information content (AvgIpc) is 3.61. The lowest BCUT2D eigenvalue weighted by Gasteiger charge is -2.60. The Kier molecular flexibility index (Phi) is 7.20. The van der Waals surface area contributed by atoms with Crippen LogP contribution in [0.4, 0.5) is 9.18 Å². The number of aromatic nitrogens is 2. The minimum absolute atomic E-state index is 0.00336. The predicted octanol–water partition coefficient (Wildman–Crippen LogP) is 6.00. The van der Waals surface area contributed by atoms with E-state index < -0.39 is 29.5 Å². The molecule has 1 aliphatic heterocycles. The molecular formula is C34H42FN3O5S. The maximum atomic E-state index is 14.2. The smallest absolute Gasteiger partial charge is 0.288 e. The first-order valence-corrected chi connectivity index (χ1v) is 16.7. The third-order valence-corrected chi connectivity index (χ3v) is 12.7. The highest BCUT2D eigenvalue weighted by Crippen LogP contribution is 2.70. The molecule has 0 bridgehead atoms. The topological polar surface area (TPSA) is 93.9 Å². The molecule has 2 heterocycles. The Balaban J connectivity index is 1.23. The third-order valence-electron chi connectivity index (χ3n) is 11.7. The summed E-state index contributed by atoms with van der Waals surface area (Å²) in [6, 6.07) is 6.38. The number of thioether (sulfide) groups is 1. The second-order valence-corrected chi connectivity index (χ2v) is 15.1. The maximum absolute atomic E-state index is 14.2. The van der Waals surface area contributed by atoms with E-state index in [0.717, 1.165) is 42.6 Å². The van der Waals surface area contributed by atoms with E-state index in [1.165, 1.54) is 22.6 Å². The van der Waals surface area contributed by atoms with Crippen LogP contribution in [-0.4, -0.2) is 68.3 Å². The Morgan fingerprint density at radius 2 is 1.98 bits per heavy atom. The molecule has 5 aliphatic rings. The summed E-state index contributed by atoms with van der Waals surface area (Å²) in [7, 11) is 3.29. The largest absolute Gasteiger partial charge is 0.393 e. The molecule has 1 aromatic heterocycles. The zero-order chi connectivity index (χ0) is 31.2. The van der Waals surface area contributed by atoms with E-state index in [2.05, 4.69) is 31.9 Å². The Bertz CT molecular complexity index is 1530. The van der Waals surface area contributed by atoms with Gasteiger partial charge in [0.05, 0.1) is 29.8 Å². The number of ether oxygens (including phenoxy) is 2. The van der Waals surface area contributed by atoms with Crippen molar-refractivity contribution in [2.24, 2.45) is 28.6 Å². The maximum Gasteiger partial charge on any atom is 0.288 e. The molecule has 1 amide bonds. The van der Waals surface area contributed by atoms with Gasteiger partial charge in [-0.2, -0.15) is 5.10 Å². The quantitative estimate of drug-likeness (QED) is 0.447. The lowest BCUT2D eigenvalue weighted by atomic mass is 9.45. The molecule has 0 radical (unpaired) electrons. The van der Waals surface area contributed by atoms with E-state index in [4.69, 9.17) is 9.47 Å². The summed E-state index contributed by atoms with van der Waals surface area (Å²) in [5.74, 6) is -0.0155. The van der Waals surface area contributed by atoms with Crippen LogP contribution in [0.5, 0.6) is 0 Å². The zero-order valence-electron chi connectivity index (χ0n) is 26.1. The lowest BCUT2D eigenvalue weighted by Crippen LogP contribution is -2.63. The number of amides is 1. The number of fused-ring (bicyclic) bond motifs is 8. The van der Waals surface area contributed by atoms with Crippen molar-refractivity contribution in [3.63, 3.8) is 0 Å².